The molecule has 0 bridgehead atoms. The normalized spacial score (nSPS) is 15.0. The number of anilines is 2. The van der Waals surface area contributed by atoms with Gasteiger partial charge in [-0.05, 0) is 73.6 Å². The Morgan fingerprint density at radius 3 is 1.98 bits per heavy atom. The van der Waals surface area contributed by atoms with Crippen LogP contribution in [0.15, 0.2) is 163 Å². The Morgan fingerprint density at radius 2 is 1.23 bits per heavy atom. The summed E-state index contributed by atoms with van der Waals surface area (Å²) in [6.07, 6.45) is 1.88. The maximum atomic E-state index is 7.48. The van der Waals surface area contributed by atoms with Crippen LogP contribution in [0.25, 0.3) is 54.3 Å². The van der Waals surface area contributed by atoms with E-state index in [-0.39, 0.29) is 6.29 Å². The number of hydrogen-bond donors (Lipinski definition) is 1. The average Bonchev–Trinajstić information content (AvgIpc) is 3.53. The maximum Gasteiger partial charge on any atom is 0.201 e. The number of nitrogens with zero attached hydrogens (tertiary/aromatic N) is 3. The van der Waals surface area contributed by atoms with Gasteiger partial charge in [0.2, 0.25) is 6.29 Å². The molecule has 2 aliphatic heterocycles. The van der Waals surface area contributed by atoms with Crippen molar-refractivity contribution >= 4 is 50.0 Å². The monoisotopic (exact) mass is 600 g/mol. The Kier molecular flexibility index (Phi) is 6.23. The van der Waals surface area contributed by atoms with E-state index in [9.17, 15) is 0 Å². The van der Waals surface area contributed by atoms with Gasteiger partial charge in [-0.25, -0.2) is 9.84 Å². The van der Waals surface area contributed by atoms with Crippen molar-refractivity contribution in [3.05, 3.63) is 180 Å². The van der Waals surface area contributed by atoms with Gasteiger partial charge in [-0.15, -0.1) is 0 Å². The van der Waals surface area contributed by atoms with E-state index in [1.807, 2.05) is 30.3 Å². The molecule has 47 heavy (non-hydrogen) atoms. The second-order valence-corrected chi connectivity index (χ2v) is 11.9. The molecule has 0 aliphatic carbocycles. The molecule has 9 rings (SSSR count). The Balaban J connectivity index is 1.32. The summed E-state index contributed by atoms with van der Waals surface area (Å²) >= 11 is 0. The zero-order valence-electron chi connectivity index (χ0n) is 25.4. The molecule has 1 N–H and O–H groups in total. The Morgan fingerprint density at radius 1 is 0.574 bits per heavy atom. The van der Waals surface area contributed by atoms with Crippen LogP contribution in [0.1, 0.15) is 11.1 Å². The summed E-state index contributed by atoms with van der Waals surface area (Å²) in [6, 6.07) is 53.0. The molecule has 1 atom stereocenters. The van der Waals surface area contributed by atoms with Crippen molar-refractivity contribution in [1.29, 1.82) is 0 Å². The third-order valence-corrected chi connectivity index (χ3v) is 9.22. The highest BCUT2D eigenvalue weighted by Gasteiger charge is 2.37. The van der Waals surface area contributed by atoms with Crippen molar-refractivity contribution in [2.75, 3.05) is 10.2 Å². The van der Waals surface area contributed by atoms with Gasteiger partial charge in [-0.2, -0.15) is 0 Å². The Labute approximate surface area is 273 Å². The van der Waals surface area contributed by atoms with Gasteiger partial charge in [-0.3, -0.25) is 4.90 Å². The summed E-state index contributed by atoms with van der Waals surface area (Å²) in [5.41, 5.74) is 11.4. The van der Waals surface area contributed by atoms with E-state index >= 15 is 0 Å². The van der Waals surface area contributed by atoms with Gasteiger partial charge < -0.3 is 5.32 Å². The van der Waals surface area contributed by atoms with Gasteiger partial charge >= 0.3 is 0 Å². The molecule has 2 aliphatic rings. The van der Waals surface area contributed by atoms with Crippen LogP contribution in [0.5, 0.6) is 0 Å². The lowest BCUT2D eigenvalue weighted by molar-refractivity contribution is 0.802. The first-order chi connectivity index (χ1) is 23.2. The van der Waals surface area contributed by atoms with Gasteiger partial charge in [-0.1, -0.05) is 133 Å². The Hall–Kier alpha value is -6.44. The highest BCUT2D eigenvalue weighted by Crippen LogP contribution is 2.51. The fourth-order valence-corrected chi connectivity index (χ4v) is 7.00. The van der Waals surface area contributed by atoms with Crippen LogP contribution in [0.3, 0.4) is 0 Å². The van der Waals surface area contributed by atoms with Crippen LogP contribution in [-0.2, 0) is 0 Å². The third kappa shape index (κ3) is 4.48. The van der Waals surface area contributed by atoms with Crippen molar-refractivity contribution < 1.29 is 0 Å². The topological polar surface area (TPSA) is 32.0 Å². The predicted molar refractivity (Wildman–Crippen MR) is 196 cm³/mol. The summed E-state index contributed by atoms with van der Waals surface area (Å²) < 4.78 is 0. The number of hydrogen-bond acceptors (Lipinski definition) is 3. The van der Waals surface area contributed by atoms with Crippen LogP contribution in [0, 0.1) is 6.57 Å². The maximum absolute atomic E-state index is 7.48. The fourth-order valence-electron chi connectivity index (χ4n) is 7.00. The minimum Gasteiger partial charge on any atom is -0.344 e. The van der Waals surface area contributed by atoms with Crippen LogP contribution in [0.2, 0.25) is 0 Å². The highest BCUT2D eigenvalue weighted by atomic mass is 15.4. The van der Waals surface area contributed by atoms with E-state index in [4.69, 9.17) is 11.6 Å². The number of rotatable bonds is 4. The van der Waals surface area contributed by atoms with Gasteiger partial charge in [0.15, 0.2) is 5.69 Å². The van der Waals surface area contributed by atoms with Gasteiger partial charge in [0, 0.05) is 5.56 Å². The quantitative estimate of drug-likeness (QED) is 0.161. The summed E-state index contributed by atoms with van der Waals surface area (Å²) in [5, 5.41) is 8.74. The number of nitrogens with one attached hydrogen (secondary N) is 1. The van der Waals surface area contributed by atoms with Crippen molar-refractivity contribution in [1.82, 2.24) is 0 Å². The molecular weight excluding hydrogens is 573 g/mol. The first-order valence-electron chi connectivity index (χ1n) is 15.8. The third-order valence-electron chi connectivity index (χ3n) is 9.22. The van der Waals surface area contributed by atoms with Crippen molar-refractivity contribution in [3.63, 3.8) is 0 Å². The van der Waals surface area contributed by atoms with E-state index in [1.165, 1.54) is 27.1 Å². The number of benzene rings is 7. The molecule has 7 aromatic carbocycles. The summed E-state index contributed by atoms with van der Waals surface area (Å²) in [5.74, 6) is 0. The van der Waals surface area contributed by atoms with Gasteiger partial charge in [0.25, 0.3) is 0 Å². The second-order valence-electron chi connectivity index (χ2n) is 11.9. The first kappa shape index (κ1) is 26.9. The highest BCUT2D eigenvalue weighted by molar-refractivity contribution is 6.18. The number of allylic oxidation sites excluding steroid dienone is 1. The smallest absolute Gasteiger partial charge is 0.201 e. The minimum atomic E-state index is -0.328. The fraction of sp³-hybridized carbons (Fsp3) is 0.0233. The SMILES string of the molecule is [C-]#[N+]c1ccc(-c2cc(-c3cc4ccccc4c4ccccc34)c3c(c2)N2C(c4ccccc4)=CC(c4ccccc4)=NC2N3)cc1. The van der Waals surface area contributed by atoms with E-state index in [1.54, 1.807) is 0 Å². The van der Waals surface area contributed by atoms with Gasteiger partial charge in [0.05, 0.1) is 29.4 Å². The summed E-state index contributed by atoms with van der Waals surface area (Å²) in [4.78, 5) is 11.3. The molecule has 0 fully saturated rings. The van der Waals surface area contributed by atoms with E-state index in [0.29, 0.717) is 5.69 Å². The van der Waals surface area contributed by atoms with Crippen LogP contribution in [0.4, 0.5) is 17.1 Å². The van der Waals surface area contributed by atoms with Gasteiger partial charge in [0.1, 0.15) is 0 Å². The molecule has 2 heterocycles. The molecule has 0 spiro atoms. The zero-order chi connectivity index (χ0) is 31.3. The van der Waals surface area contributed by atoms with Crippen LogP contribution < -0.4 is 10.2 Å². The van der Waals surface area contributed by atoms with E-state index < -0.39 is 0 Å². The Bertz CT molecular complexity index is 2440. The zero-order valence-corrected chi connectivity index (χ0v) is 25.4. The molecule has 0 amide bonds. The molecule has 0 aromatic heterocycles. The van der Waals surface area contributed by atoms with E-state index in [0.717, 1.165) is 50.6 Å². The van der Waals surface area contributed by atoms with Crippen LogP contribution >= 0.6 is 0 Å². The molecule has 7 aromatic rings. The molecular formula is C43H28N4. The molecule has 220 valence electrons. The standard InChI is InChI=1S/C43H28N4/c1-44-33-22-20-28(21-23-33)32-25-38(37-24-31-16-8-9-17-34(31)35-18-10-11-19-36(35)37)42-41(26-32)47-40(30-14-6-3-7-15-30)27-39(45-43(47)46-42)29-12-4-2-5-13-29/h2-27,43,46H. The lowest BCUT2D eigenvalue weighted by Gasteiger charge is -2.31. The van der Waals surface area contributed by atoms with E-state index in [2.05, 4.69) is 142 Å². The molecule has 1 unspecified atom stereocenters. The lowest BCUT2D eigenvalue weighted by atomic mass is 9.90. The average molecular weight is 601 g/mol. The molecule has 0 saturated heterocycles. The second kappa shape index (κ2) is 10.9. The molecule has 4 heteroatoms. The molecule has 4 nitrogen and oxygen atoms in total. The van der Waals surface area contributed by atoms with Crippen molar-refractivity contribution in [2.24, 2.45) is 4.99 Å². The minimum absolute atomic E-state index is 0.328. The number of fused-ring (bicyclic) bond motifs is 6. The largest absolute Gasteiger partial charge is 0.344 e. The summed E-state index contributed by atoms with van der Waals surface area (Å²) in [6.45, 7) is 7.48. The lowest BCUT2D eigenvalue weighted by Crippen LogP contribution is -2.36. The van der Waals surface area contributed by atoms with Crippen LogP contribution in [-0.4, -0.2) is 12.0 Å². The first-order valence-corrected chi connectivity index (χ1v) is 15.8. The van der Waals surface area contributed by atoms with Crippen molar-refractivity contribution in [3.8, 4) is 22.3 Å². The number of aliphatic imine (C=N–C) groups is 1. The predicted octanol–water partition coefficient (Wildman–Crippen LogP) is 10.9. The molecule has 0 radical (unpaired) electrons. The summed E-state index contributed by atoms with van der Waals surface area (Å²) in [7, 11) is 0. The molecule has 0 saturated carbocycles. The van der Waals surface area contributed by atoms with Crippen molar-refractivity contribution in [2.45, 2.75) is 6.29 Å².